The SMILES string of the molecule is O=C(NC(C(=O)O)c1ccc(Cl)c(C(F)(F)F)c1)OCc1ccccc1. The summed E-state index contributed by atoms with van der Waals surface area (Å²) in [4.78, 5) is 23.2. The Hall–Kier alpha value is -2.74. The van der Waals surface area contributed by atoms with Crippen LogP contribution in [0, 0.1) is 0 Å². The molecule has 2 aromatic carbocycles. The van der Waals surface area contributed by atoms with Gasteiger partial charge in [-0.15, -0.1) is 0 Å². The lowest BCUT2D eigenvalue weighted by molar-refractivity contribution is -0.140. The van der Waals surface area contributed by atoms with Crippen molar-refractivity contribution in [2.45, 2.75) is 18.8 Å². The number of aliphatic carboxylic acids is 1. The van der Waals surface area contributed by atoms with E-state index in [1.165, 1.54) is 0 Å². The maximum Gasteiger partial charge on any atom is 0.417 e. The minimum Gasteiger partial charge on any atom is -0.479 e. The van der Waals surface area contributed by atoms with E-state index in [-0.39, 0.29) is 12.2 Å². The molecule has 0 aliphatic heterocycles. The van der Waals surface area contributed by atoms with E-state index in [1.807, 2.05) is 5.32 Å². The predicted octanol–water partition coefficient (Wildman–Crippen LogP) is 4.41. The number of alkyl halides is 3. The Morgan fingerprint density at radius 2 is 1.81 bits per heavy atom. The number of hydrogen-bond donors (Lipinski definition) is 2. The molecule has 138 valence electrons. The summed E-state index contributed by atoms with van der Waals surface area (Å²) >= 11 is 5.51. The van der Waals surface area contributed by atoms with Crippen molar-refractivity contribution in [1.82, 2.24) is 5.32 Å². The van der Waals surface area contributed by atoms with Crippen LogP contribution in [0.25, 0.3) is 0 Å². The molecule has 2 rings (SSSR count). The average molecular weight is 388 g/mol. The molecule has 9 heteroatoms. The Labute approximate surface area is 151 Å². The van der Waals surface area contributed by atoms with Crippen LogP contribution in [0.15, 0.2) is 48.5 Å². The van der Waals surface area contributed by atoms with Crippen molar-refractivity contribution in [3.8, 4) is 0 Å². The Kier molecular flexibility index (Phi) is 6.10. The van der Waals surface area contributed by atoms with Crippen molar-refractivity contribution in [1.29, 1.82) is 0 Å². The van der Waals surface area contributed by atoms with Crippen molar-refractivity contribution >= 4 is 23.7 Å². The summed E-state index contributed by atoms with van der Waals surface area (Å²) in [6.07, 6.45) is -5.84. The Morgan fingerprint density at radius 3 is 2.38 bits per heavy atom. The van der Waals surface area contributed by atoms with Gasteiger partial charge in [0.25, 0.3) is 0 Å². The van der Waals surface area contributed by atoms with Crippen LogP contribution in [-0.2, 0) is 22.3 Å². The summed E-state index contributed by atoms with van der Waals surface area (Å²) in [5, 5.41) is 10.7. The second-order valence-corrected chi connectivity index (χ2v) is 5.62. The third-order valence-corrected chi connectivity index (χ3v) is 3.68. The molecule has 0 saturated heterocycles. The van der Waals surface area contributed by atoms with Crippen LogP contribution >= 0.6 is 11.6 Å². The molecule has 1 unspecified atom stereocenters. The fourth-order valence-corrected chi connectivity index (χ4v) is 2.33. The number of carboxylic acid groups (broad SMARTS) is 1. The number of carbonyl (C=O) groups excluding carboxylic acids is 1. The molecule has 2 N–H and O–H groups in total. The zero-order valence-corrected chi connectivity index (χ0v) is 13.8. The van der Waals surface area contributed by atoms with Crippen LogP contribution in [0.5, 0.6) is 0 Å². The zero-order chi connectivity index (χ0) is 19.3. The summed E-state index contributed by atoms with van der Waals surface area (Å²) in [5.74, 6) is -1.54. The summed E-state index contributed by atoms with van der Waals surface area (Å²) < 4.78 is 43.7. The molecular weight excluding hydrogens is 375 g/mol. The van der Waals surface area contributed by atoms with Gasteiger partial charge in [-0.3, -0.25) is 0 Å². The first kappa shape index (κ1) is 19.6. The summed E-state index contributed by atoms with van der Waals surface area (Å²) in [6.45, 7) is -0.118. The van der Waals surface area contributed by atoms with Gasteiger partial charge in [-0.25, -0.2) is 9.59 Å². The van der Waals surface area contributed by atoms with Crippen LogP contribution in [-0.4, -0.2) is 17.2 Å². The highest BCUT2D eigenvalue weighted by Crippen LogP contribution is 2.36. The number of carboxylic acids is 1. The van der Waals surface area contributed by atoms with Crippen molar-refractivity contribution in [2.75, 3.05) is 0 Å². The molecular formula is C17H13ClF3NO4. The Morgan fingerprint density at radius 1 is 1.15 bits per heavy atom. The lowest BCUT2D eigenvalue weighted by Gasteiger charge is -2.17. The van der Waals surface area contributed by atoms with Gasteiger partial charge in [0, 0.05) is 0 Å². The molecule has 0 spiro atoms. The molecule has 0 aliphatic carbocycles. The number of hydrogen-bond acceptors (Lipinski definition) is 3. The number of rotatable bonds is 5. The number of amides is 1. The molecule has 0 saturated carbocycles. The van der Waals surface area contributed by atoms with Gasteiger partial charge in [0.15, 0.2) is 6.04 Å². The van der Waals surface area contributed by atoms with Crippen LogP contribution in [0.1, 0.15) is 22.7 Å². The van der Waals surface area contributed by atoms with E-state index in [2.05, 4.69) is 0 Å². The summed E-state index contributed by atoms with van der Waals surface area (Å²) in [7, 11) is 0. The number of alkyl carbamates (subject to hydrolysis) is 1. The number of benzene rings is 2. The first-order valence-corrected chi connectivity index (χ1v) is 7.63. The lowest BCUT2D eigenvalue weighted by Crippen LogP contribution is -2.34. The van der Waals surface area contributed by atoms with E-state index in [0.29, 0.717) is 11.6 Å². The topological polar surface area (TPSA) is 75.6 Å². The lowest BCUT2D eigenvalue weighted by atomic mass is 10.0. The molecule has 0 aromatic heterocycles. The van der Waals surface area contributed by atoms with Crippen molar-refractivity contribution in [3.63, 3.8) is 0 Å². The number of ether oxygens (including phenoxy) is 1. The highest BCUT2D eigenvalue weighted by molar-refractivity contribution is 6.31. The van der Waals surface area contributed by atoms with Gasteiger partial charge in [0.05, 0.1) is 10.6 Å². The molecule has 0 fully saturated rings. The second kappa shape index (κ2) is 8.09. The molecule has 1 atom stereocenters. The molecule has 2 aromatic rings. The zero-order valence-electron chi connectivity index (χ0n) is 13.1. The van der Waals surface area contributed by atoms with Crippen LogP contribution in [0.4, 0.5) is 18.0 Å². The van der Waals surface area contributed by atoms with E-state index in [4.69, 9.17) is 16.3 Å². The van der Waals surface area contributed by atoms with Crippen LogP contribution < -0.4 is 5.32 Å². The van der Waals surface area contributed by atoms with Crippen molar-refractivity contribution in [2.24, 2.45) is 0 Å². The molecule has 0 heterocycles. The quantitative estimate of drug-likeness (QED) is 0.796. The highest BCUT2D eigenvalue weighted by Gasteiger charge is 2.35. The molecule has 1 amide bonds. The van der Waals surface area contributed by atoms with E-state index < -0.39 is 34.9 Å². The Balaban J connectivity index is 2.14. The number of halogens is 4. The van der Waals surface area contributed by atoms with Gasteiger partial charge in [-0.2, -0.15) is 13.2 Å². The van der Waals surface area contributed by atoms with Gasteiger partial charge in [0.1, 0.15) is 6.61 Å². The summed E-state index contributed by atoms with van der Waals surface area (Å²) in [5.41, 5.74) is -0.811. The normalized spacial score (nSPS) is 12.3. The van der Waals surface area contributed by atoms with Gasteiger partial charge in [-0.1, -0.05) is 48.0 Å². The molecule has 5 nitrogen and oxygen atoms in total. The predicted molar refractivity (Wildman–Crippen MR) is 86.6 cm³/mol. The highest BCUT2D eigenvalue weighted by atomic mass is 35.5. The average Bonchev–Trinajstić information content (AvgIpc) is 2.58. The molecule has 0 aliphatic rings. The number of carbonyl (C=O) groups is 2. The van der Waals surface area contributed by atoms with E-state index in [9.17, 15) is 27.9 Å². The third-order valence-electron chi connectivity index (χ3n) is 3.35. The summed E-state index contributed by atoms with van der Waals surface area (Å²) in [6, 6.07) is 9.47. The third kappa shape index (κ3) is 5.13. The van der Waals surface area contributed by atoms with Gasteiger partial charge in [-0.05, 0) is 23.3 Å². The number of nitrogens with one attached hydrogen (secondary N) is 1. The minimum absolute atomic E-state index is 0.118. The molecule has 0 bridgehead atoms. The smallest absolute Gasteiger partial charge is 0.417 e. The maximum absolute atomic E-state index is 12.9. The first-order valence-electron chi connectivity index (χ1n) is 7.25. The van der Waals surface area contributed by atoms with Crippen LogP contribution in [0.2, 0.25) is 5.02 Å². The minimum atomic E-state index is -4.76. The van der Waals surface area contributed by atoms with Crippen molar-refractivity contribution < 1.29 is 32.6 Å². The molecule has 0 radical (unpaired) electrons. The first-order chi connectivity index (χ1) is 12.2. The van der Waals surface area contributed by atoms with Gasteiger partial charge < -0.3 is 15.2 Å². The second-order valence-electron chi connectivity index (χ2n) is 5.21. The standard InChI is InChI=1S/C17H13ClF3NO4/c18-13-7-6-11(8-12(13)17(19,20)21)14(15(23)24)22-16(25)26-9-10-4-2-1-3-5-10/h1-8,14H,9H2,(H,22,25)(H,23,24). The van der Waals surface area contributed by atoms with E-state index >= 15 is 0 Å². The van der Waals surface area contributed by atoms with Gasteiger partial charge in [0.2, 0.25) is 0 Å². The van der Waals surface area contributed by atoms with E-state index in [1.54, 1.807) is 30.3 Å². The fraction of sp³-hybridized carbons (Fsp3) is 0.176. The Bertz CT molecular complexity index is 796. The van der Waals surface area contributed by atoms with Gasteiger partial charge >= 0.3 is 18.2 Å². The van der Waals surface area contributed by atoms with Crippen molar-refractivity contribution in [3.05, 3.63) is 70.2 Å². The molecule has 26 heavy (non-hydrogen) atoms. The fourth-order valence-electron chi connectivity index (χ4n) is 2.11. The van der Waals surface area contributed by atoms with E-state index in [0.717, 1.165) is 12.1 Å². The monoisotopic (exact) mass is 387 g/mol. The van der Waals surface area contributed by atoms with Crippen LogP contribution in [0.3, 0.4) is 0 Å². The maximum atomic E-state index is 12.9. The largest absolute Gasteiger partial charge is 0.479 e.